The fourth-order valence-electron chi connectivity index (χ4n) is 4.19. The molecule has 3 rings (SSSR count). The molecule has 3 aliphatic rings. The lowest BCUT2D eigenvalue weighted by molar-refractivity contribution is 0.0946. The van der Waals surface area contributed by atoms with Crippen molar-refractivity contribution in [3.05, 3.63) is 0 Å². The van der Waals surface area contributed by atoms with Crippen LogP contribution in [0.25, 0.3) is 0 Å². The van der Waals surface area contributed by atoms with E-state index in [-0.39, 0.29) is 0 Å². The van der Waals surface area contributed by atoms with Crippen LogP contribution in [0, 0.1) is 23.7 Å². The van der Waals surface area contributed by atoms with Crippen LogP contribution in [0.5, 0.6) is 0 Å². The highest BCUT2D eigenvalue weighted by atomic mass is 14.5. The summed E-state index contributed by atoms with van der Waals surface area (Å²) in [4.78, 5) is 0. The van der Waals surface area contributed by atoms with Gasteiger partial charge >= 0.3 is 0 Å². The van der Waals surface area contributed by atoms with Gasteiger partial charge in [-0.3, -0.25) is 0 Å². The zero-order valence-electron chi connectivity index (χ0n) is 7.26. The summed E-state index contributed by atoms with van der Waals surface area (Å²) >= 11 is 0. The van der Waals surface area contributed by atoms with Crippen LogP contribution in [0.3, 0.4) is 0 Å². The summed E-state index contributed by atoms with van der Waals surface area (Å²) in [6.07, 6.45) is 11.1. The van der Waals surface area contributed by atoms with Crippen LogP contribution in [0.1, 0.15) is 44.9 Å². The molecular weight excluding hydrogens is 132 g/mol. The molecule has 3 saturated carbocycles. The van der Waals surface area contributed by atoms with Crippen LogP contribution >= 0.6 is 0 Å². The molecule has 11 heavy (non-hydrogen) atoms. The Hall–Kier alpha value is 0. The summed E-state index contributed by atoms with van der Waals surface area (Å²) in [6, 6.07) is 0. The lowest BCUT2D eigenvalue weighted by atomic mass is 9.65. The third kappa shape index (κ3) is 0.816. The predicted octanol–water partition coefficient (Wildman–Crippen LogP) is 3.22. The first-order valence-corrected chi connectivity index (χ1v) is 5.45. The second-order valence-electron chi connectivity index (χ2n) is 4.93. The number of rotatable bonds is 0. The molecule has 0 radical (unpaired) electrons. The summed E-state index contributed by atoms with van der Waals surface area (Å²) in [6.45, 7) is 0. The van der Waals surface area contributed by atoms with Gasteiger partial charge in [0.05, 0.1) is 0 Å². The summed E-state index contributed by atoms with van der Waals surface area (Å²) in [5.41, 5.74) is 0. The largest absolute Gasteiger partial charge is 0.0527 e. The van der Waals surface area contributed by atoms with Gasteiger partial charge in [0.2, 0.25) is 0 Å². The molecule has 0 amide bonds. The highest BCUT2D eigenvalue weighted by molar-refractivity contribution is 4.95. The van der Waals surface area contributed by atoms with E-state index in [1.165, 1.54) is 23.7 Å². The third-order valence-electron chi connectivity index (χ3n) is 4.65. The van der Waals surface area contributed by atoms with Crippen molar-refractivity contribution in [1.29, 1.82) is 0 Å². The van der Waals surface area contributed by atoms with Gasteiger partial charge in [0.15, 0.2) is 0 Å². The molecule has 4 bridgehead atoms. The molecule has 4 atom stereocenters. The number of hydrogen-bond donors (Lipinski definition) is 0. The zero-order valence-corrected chi connectivity index (χ0v) is 7.26. The Morgan fingerprint density at radius 1 is 0.545 bits per heavy atom. The van der Waals surface area contributed by atoms with Crippen LogP contribution in [-0.4, -0.2) is 0 Å². The molecule has 0 heterocycles. The van der Waals surface area contributed by atoms with E-state index >= 15 is 0 Å². The minimum absolute atomic E-state index is 1.17. The van der Waals surface area contributed by atoms with Crippen molar-refractivity contribution in [3.63, 3.8) is 0 Å². The van der Waals surface area contributed by atoms with E-state index in [0.717, 1.165) is 0 Å². The van der Waals surface area contributed by atoms with E-state index in [4.69, 9.17) is 0 Å². The Morgan fingerprint density at radius 2 is 1.18 bits per heavy atom. The Balaban J connectivity index is 1.91. The lowest BCUT2D eigenvalue weighted by Crippen LogP contribution is -2.31. The molecular formula is C11H18. The van der Waals surface area contributed by atoms with Crippen LogP contribution in [0.4, 0.5) is 0 Å². The minimum Gasteiger partial charge on any atom is -0.0527 e. The van der Waals surface area contributed by atoms with Crippen LogP contribution in [-0.2, 0) is 0 Å². The van der Waals surface area contributed by atoms with Gasteiger partial charge in [-0.15, -0.1) is 0 Å². The molecule has 0 aromatic rings. The maximum absolute atomic E-state index is 1.60. The smallest absolute Gasteiger partial charge is 0.0355 e. The Kier molecular flexibility index (Phi) is 1.33. The zero-order chi connectivity index (χ0) is 7.26. The summed E-state index contributed by atoms with van der Waals surface area (Å²) in [5, 5.41) is 0. The summed E-state index contributed by atoms with van der Waals surface area (Å²) in [5.74, 6) is 4.74. The Labute approximate surface area is 69.4 Å². The Bertz CT molecular complexity index is 159. The molecule has 0 aromatic carbocycles. The van der Waals surface area contributed by atoms with Crippen molar-refractivity contribution < 1.29 is 0 Å². The standard InChI is InChI=1S/C11H18/c1-2-8-4-5-9-6-7-11(8)10(9)3-1/h8-11H,1-7H2/t8-,9?,10?,11-/m1/s1. The Morgan fingerprint density at radius 3 is 2.00 bits per heavy atom. The van der Waals surface area contributed by atoms with Crippen LogP contribution < -0.4 is 0 Å². The molecule has 0 spiro atoms. The van der Waals surface area contributed by atoms with Crippen molar-refractivity contribution in [2.45, 2.75) is 44.9 Å². The predicted molar refractivity (Wildman–Crippen MR) is 46.3 cm³/mol. The molecule has 3 aliphatic carbocycles. The molecule has 62 valence electrons. The summed E-state index contributed by atoms with van der Waals surface area (Å²) in [7, 11) is 0. The molecule has 0 heteroatoms. The van der Waals surface area contributed by atoms with E-state index < -0.39 is 0 Å². The van der Waals surface area contributed by atoms with Crippen molar-refractivity contribution in [2.24, 2.45) is 23.7 Å². The monoisotopic (exact) mass is 150 g/mol. The average molecular weight is 150 g/mol. The van der Waals surface area contributed by atoms with Gasteiger partial charge in [-0.1, -0.05) is 12.8 Å². The van der Waals surface area contributed by atoms with E-state index in [1.54, 1.807) is 44.9 Å². The van der Waals surface area contributed by atoms with E-state index in [9.17, 15) is 0 Å². The fraction of sp³-hybridized carbons (Fsp3) is 1.00. The first kappa shape index (κ1) is 6.51. The van der Waals surface area contributed by atoms with E-state index in [2.05, 4.69) is 0 Å². The molecule has 0 N–H and O–H groups in total. The highest BCUT2D eigenvalue weighted by Crippen LogP contribution is 2.55. The molecule has 0 nitrogen and oxygen atoms in total. The average Bonchev–Trinajstić information content (AvgIpc) is 2.28. The summed E-state index contributed by atoms with van der Waals surface area (Å²) < 4.78 is 0. The van der Waals surface area contributed by atoms with Gasteiger partial charge in [-0.25, -0.2) is 0 Å². The van der Waals surface area contributed by atoms with E-state index in [0.29, 0.717) is 0 Å². The van der Waals surface area contributed by atoms with Gasteiger partial charge in [0.25, 0.3) is 0 Å². The van der Waals surface area contributed by atoms with Crippen molar-refractivity contribution in [1.82, 2.24) is 0 Å². The fourth-order valence-corrected chi connectivity index (χ4v) is 4.19. The second kappa shape index (κ2) is 2.24. The van der Waals surface area contributed by atoms with Gasteiger partial charge < -0.3 is 0 Å². The molecule has 0 aromatic heterocycles. The SMILES string of the molecule is C1CC2C3CC[C@@H](C1)[C@H]2CC3. The maximum atomic E-state index is 1.60. The third-order valence-corrected chi connectivity index (χ3v) is 4.65. The lowest BCUT2D eigenvalue weighted by Gasteiger charge is -2.41. The van der Waals surface area contributed by atoms with Gasteiger partial charge in [-0.05, 0) is 55.8 Å². The second-order valence-corrected chi connectivity index (χ2v) is 4.93. The maximum Gasteiger partial charge on any atom is -0.0355 e. The van der Waals surface area contributed by atoms with Crippen molar-refractivity contribution in [2.75, 3.05) is 0 Å². The van der Waals surface area contributed by atoms with Crippen molar-refractivity contribution >= 4 is 0 Å². The van der Waals surface area contributed by atoms with Crippen molar-refractivity contribution in [3.8, 4) is 0 Å². The first-order valence-electron chi connectivity index (χ1n) is 5.45. The topological polar surface area (TPSA) is 0 Å². The van der Waals surface area contributed by atoms with Gasteiger partial charge in [-0.2, -0.15) is 0 Å². The highest BCUT2D eigenvalue weighted by Gasteiger charge is 2.45. The van der Waals surface area contributed by atoms with Gasteiger partial charge in [0.1, 0.15) is 0 Å². The molecule has 3 fully saturated rings. The molecule has 2 unspecified atom stereocenters. The number of hydrogen-bond acceptors (Lipinski definition) is 0. The molecule has 0 aliphatic heterocycles. The van der Waals surface area contributed by atoms with Crippen LogP contribution in [0.15, 0.2) is 0 Å². The minimum atomic E-state index is 1.17. The first-order chi connectivity index (χ1) is 5.45. The van der Waals surface area contributed by atoms with Crippen LogP contribution in [0.2, 0.25) is 0 Å². The quantitative estimate of drug-likeness (QED) is 0.497. The molecule has 0 saturated heterocycles. The van der Waals surface area contributed by atoms with Gasteiger partial charge in [0, 0.05) is 0 Å². The van der Waals surface area contributed by atoms with E-state index in [1.807, 2.05) is 0 Å². The normalized spacial score (nSPS) is 54.5.